The monoisotopic (exact) mass is 271 g/mol. The van der Waals surface area contributed by atoms with Gasteiger partial charge in [0, 0.05) is 23.7 Å². The minimum absolute atomic E-state index is 0.144. The van der Waals surface area contributed by atoms with Crippen molar-refractivity contribution in [2.45, 2.75) is 26.2 Å². The van der Waals surface area contributed by atoms with Gasteiger partial charge in [0.05, 0.1) is 6.61 Å². The van der Waals surface area contributed by atoms with Crippen LogP contribution in [0.3, 0.4) is 0 Å². The van der Waals surface area contributed by atoms with Gasteiger partial charge < -0.3 is 10.1 Å². The van der Waals surface area contributed by atoms with Gasteiger partial charge in [0.25, 0.3) is 5.91 Å². The molecule has 2 heterocycles. The van der Waals surface area contributed by atoms with Crippen LogP contribution >= 0.6 is 0 Å². The first-order valence-electron chi connectivity index (χ1n) is 6.87. The fourth-order valence-electron chi connectivity index (χ4n) is 2.34. The average Bonchev–Trinajstić information content (AvgIpc) is 3.07. The Morgan fingerprint density at radius 3 is 3.20 bits per heavy atom. The van der Waals surface area contributed by atoms with Gasteiger partial charge in [-0.05, 0) is 30.2 Å². The molecule has 0 bridgehead atoms. The first-order valence-corrected chi connectivity index (χ1v) is 6.87. The molecule has 1 aromatic carbocycles. The number of hydrogen-bond acceptors (Lipinski definition) is 3. The number of H-pyrrole nitrogens is 1. The maximum absolute atomic E-state index is 12.2. The summed E-state index contributed by atoms with van der Waals surface area (Å²) in [7, 11) is 0. The molecular weight excluding hydrogens is 254 g/mol. The van der Waals surface area contributed by atoms with E-state index >= 15 is 0 Å². The number of fused-ring (bicyclic) bond motifs is 1. The highest BCUT2D eigenvalue weighted by Crippen LogP contribution is 2.26. The summed E-state index contributed by atoms with van der Waals surface area (Å²) in [5.41, 5.74) is 2.76. The summed E-state index contributed by atoms with van der Waals surface area (Å²) in [6.45, 7) is 2.80. The first-order chi connectivity index (χ1) is 9.76. The van der Waals surface area contributed by atoms with Crippen molar-refractivity contribution in [1.82, 2.24) is 10.2 Å². The quantitative estimate of drug-likeness (QED) is 0.898. The number of carbonyl (C=O) groups excluding carboxylic acids is 1. The van der Waals surface area contributed by atoms with Crippen molar-refractivity contribution < 1.29 is 9.53 Å². The van der Waals surface area contributed by atoms with Crippen molar-refractivity contribution in [3.63, 3.8) is 0 Å². The third-order valence-corrected chi connectivity index (χ3v) is 3.34. The lowest BCUT2D eigenvalue weighted by Crippen LogP contribution is -2.12. The first kappa shape index (κ1) is 12.7. The Kier molecular flexibility index (Phi) is 3.41. The SMILES string of the molecule is CCCc1cc(NC(=O)c2ccc3c(c2)CCO3)n[nH]1. The lowest BCUT2D eigenvalue weighted by atomic mass is 10.1. The number of hydrogen-bond donors (Lipinski definition) is 2. The van der Waals surface area contributed by atoms with Crippen LogP contribution in [0.2, 0.25) is 0 Å². The van der Waals surface area contributed by atoms with Crippen molar-refractivity contribution in [3.8, 4) is 5.75 Å². The number of amides is 1. The Morgan fingerprint density at radius 1 is 1.45 bits per heavy atom. The molecule has 0 radical (unpaired) electrons. The van der Waals surface area contributed by atoms with E-state index in [1.54, 1.807) is 6.07 Å². The Hall–Kier alpha value is -2.30. The predicted molar refractivity (Wildman–Crippen MR) is 76.2 cm³/mol. The summed E-state index contributed by atoms with van der Waals surface area (Å²) in [5, 5.41) is 9.82. The Morgan fingerprint density at radius 2 is 2.35 bits per heavy atom. The van der Waals surface area contributed by atoms with Gasteiger partial charge in [-0.2, -0.15) is 5.10 Å². The molecule has 104 valence electrons. The average molecular weight is 271 g/mol. The van der Waals surface area contributed by atoms with Crippen molar-refractivity contribution in [2.75, 3.05) is 11.9 Å². The normalized spacial score (nSPS) is 12.8. The third kappa shape index (κ3) is 2.52. The smallest absolute Gasteiger partial charge is 0.256 e. The second-order valence-electron chi connectivity index (χ2n) is 4.90. The van der Waals surface area contributed by atoms with Crippen LogP contribution in [0.4, 0.5) is 5.82 Å². The van der Waals surface area contributed by atoms with Gasteiger partial charge in [0.1, 0.15) is 5.75 Å². The van der Waals surface area contributed by atoms with E-state index in [0.717, 1.165) is 36.3 Å². The number of nitrogens with one attached hydrogen (secondary N) is 2. The molecule has 1 amide bonds. The molecule has 1 aliphatic heterocycles. The molecule has 0 fully saturated rings. The highest BCUT2D eigenvalue weighted by atomic mass is 16.5. The van der Waals surface area contributed by atoms with Crippen molar-refractivity contribution in [2.24, 2.45) is 0 Å². The number of aryl methyl sites for hydroxylation is 1. The van der Waals surface area contributed by atoms with Crippen LogP contribution in [-0.2, 0) is 12.8 Å². The summed E-state index contributed by atoms with van der Waals surface area (Å²) in [5.74, 6) is 1.30. The number of carbonyl (C=O) groups is 1. The molecule has 3 rings (SSSR count). The van der Waals surface area contributed by atoms with Crippen LogP contribution in [0.1, 0.15) is 35.0 Å². The Labute approximate surface area is 117 Å². The summed E-state index contributed by atoms with van der Waals surface area (Å²) >= 11 is 0. The third-order valence-electron chi connectivity index (χ3n) is 3.34. The molecule has 1 aromatic heterocycles. The van der Waals surface area contributed by atoms with Crippen LogP contribution in [0.25, 0.3) is 0 Å². The lowest BCUT2D eigenvalue weighted by Gasteiger charge is -2.04. The van der Waals surface area contributed by atoms with Gasteiger partial charge in [-0.1, -0.05) is 13.3 Å². The molecule has 0 saturated carbocycles. The van der Waals surface area contributed by atoms with E-state index in [1.165, 1.54) is 0 Å². The minimum Gasteiger partial charge on any atom is -0.493 e. The van der Waals surface area contributed by atoms with Gasteiger partial charge >= 0.3 is 0 Å². The van der Waals surface area contributed by atoms with Gasteiger partial charge in [-0.15, -0.1) is 0 Å². The lowest BCUT2D eigenvalue weighted by molar-refractivity contribution is 0.102. The number of nitrogens with zero attached hydrogens (tertiary/aromatic N) is 1. The van der Waals surface area contributed by atoms with Crippen LogP contribution in [0.5, 0.6) is 5.75 Å². The molecule has 0 aliphatic carbocycles. The van der Waals surface area contributed by atoms with E-state index in [4.69, 9.17) is 4.74 Å². The van der Waals surface area contributed by atoms with Gasteiger partial charge in [0.15, 0.2) is 5.82 Å². The van der Waals surface area contributed by atoms with Crippen LogP contribution in [-0.4, -0.2) is 22.7 Å². The Bertz CT molecular complexity index is 634. The number of aromatic nitrogens is 2. The summed E-state index contributed by atoms with van der Waals surface area (Å²) in [4.78, 5) is 12.2. The fraction of sp³-hybridized carbons (Fsp3) is 0.333. The van der Waals surface area contributed by atoms with Gasteiger partial charge in [0.2, 0.25) is 0 Å². The Balaban J connectivity index is 1.72. The number of rotatable bonds is 4. The molecule has 20 heavy (non-hydrogen) atoms. The van der Waals surface area contributed by atoms with E-state index in [1.807, 2.05) is 18.2 Å². The second-order valence-corrected chi connectivity index (χ2v) is 4.90. The van der Waals surface area contributed by atoms with E-state index in [-0.39, 0.29) is 5.91 Å². The zero-order chi connectivity index (χ0) is 13.9. The topological polar surface area (TPSA) is 67.0 Å². The summed E-state index contributed by atoms with van der Waals surface area (Å²) in [6.07, 6.45) is 2.83. The van der Waals surface area contributed by atoms with E-state index in [0.29, 0.717) is 18.0 Å². The number of benzene rings is 1. The number of anilines is 1. The largest absolute Gasteiger partial charge is 0.493 e. The standard InChI is InChI=1S/C15H17N3O2/c1-2-3-12-9-14(18-17-12)16-15(19)11-4-5-13-10(8-11)6-7-20-13/h4-5,8-9H,2-3,6-7H2,1H3,(H2,16,17,18,19). The van der Waals surface area contributed by atoms with Crippen molar-refractivity contribution in [1.29, 1.82) is 0 Å². The zero-order valence-corrected chi connectivity index (χ0v) is 11.4. The zero-order valence-electron chi connectivity index (χ0n) is 11.4. The van der Waals surface area contributed by atoms with E-state index < -0.39 is 0 Å². The van der Waals surface area contributed by atoms with E-state index in [2.05, 4.69) is 22.4 Å². The highest BCUT2D eigenvalue weighted by Gasteiger charge is 2.15. The highest BCUT2D eigenvalue weighted by molar-refractivity contribution is 6.04. The maximum atomic E-state index is 12.2. The van der Waals surface area contributed by atoms with E-state index in [9.17, 15) is 4.79 Å². The molecule has 5 nitrogen and oxygen atoms in total. The maximum Gasteiger partial charge on any atom is 0.256 e. The molecule has 0 spiro atoms. The molecule has 0 atom stereocenters. The predicted octanol–water partition coefficient (Wildman–Crippen LogP) is 2.55. The summed E-state index contributed by atoms with van der Waals surface area (Å²) < 4.78 is 5.43. The molecule has 0 unspecified atom stereocenters. The number of ether oxygens (including phenoxy) is 1. The second kappa shape index (κ2) is 5.36. The van der Waals surface area contributed by atoms with Crippen molar-refractivity contribution >= 4 is 11.7 Å². The molecule has 1 aliphatic rings. The van der Waals surface area contributed by atoms with Gasteiger partial charge in [-0.3, -0.25) is 9.89 Å². The van der Waals surface area contributed by atoms with Crippen LogP contribution in [0.15, 0.2) is 24.3 Å². The molecule has 2 aromatic rings. The van der Waals surface area contributed by atoms with Crippen molar-refractivity contribution in [3.05, 3.63) is 41.1 Å². The van der Waals surface area contributed by atoms with Crippen LogP contribution < -0.4 is 10.1 Å². The fourth-order valence-corrected chi connectivity index (χ4v) is 2.34. The van der Waals surface area contributed by atoms with Crippen LogP contribution in [0, 0.1) is 0 Å². The van der Waals surface area contributed by atoms with Gasteiger partial charge in [-0.25, -0.2) is 0 Å². The molecule has 2 N–H and O–H groups in total. The number of aromatic amines is 1. The minimum atomic E-state index is -0.144. The summed E-state index contributed by atoms with van der Waals surface area (Å²) in [6, 6.07) is 7.39. The molecular formula is C15H17N3O2. The molecule has 0 saturated heterocycles. The molecule has 5 heteroatoms.